The fourth-order valence-corrected chi connectivity index (χ4v) is 3.66. The minimum absolute atomic E-state index is 0.0854. The maximum Gasteiger partial charge on any atom is 0.213 e. The molecule has 1 aliphatic rings. The van der Waals surface area contributed by atoms with Gasteiger partial charge in [0.2, 0.25) is 5.78 Å². The lowest BCUT2D eigenvalue weighted by atomic mass is 10.0. The van der Waals surface area contributed by atoms with Crippen molar-refractivity contribution in [2.45, 2.75) is 19.9 Å². The minimum Gasteiger partial charge on any atom is -0.353 e. The van der Waals surface area contributed by atoms with Crippen LogP contribution in [0.15, 0.2) is 60.8 Å². The molecule has 28 heavy (non-hydrogen) atoms. The number of nitrogens with zero attached hydrogens (tertiary/aromatic N) is 3. The fraction of sp³-hybridized carbons (Fsp3) is 0.261. The highest BCUT2D eigenvalue weighted by molar-refractivity contribution is 6.08. The Morgan fingerprint density at radius 2 is 1.96 bits per heavy atom. The Bertz CT molecular complexity index is 1000. The standard InChI is InChI=1S/C23H24N4O/c1-16-6-3-7-18(14-16)21-15-27(13-12-25-21)22-10-4-9-20(26-22)23(28)19-8-5-11-24-17(19)2/h3-11,14,21,25H,12-13,15H2,1-2H3. The normalized spacial score (nSPS) is 16.8. The third-order valence-electron chi connectivity index (χ3n) is 5.16. The summed E-state index contributed by atoms with van der Waals surface area (Å²) < 4.78 is 0. The number of nitrogens with one attached hydrogen (secondary N) is 1. The molecule has 0 amide bonds. The van der Waals surface area contributed by atoms with E-state index in [0.29, 0.717) is 11.3 Å². The van der Waals surface area contributed by atoms with E-state index in [1.807, 2.05) is 19.1 Å². The number of pyridine rings is 2. The molecule has 1 unspecified atom stereocenters. The highest BCUT2D eigenvalue weighted by atomic mass is 16.1. The molecule has 1 aliphatic heterocycles. The van der Waals surface area contributed by atoms with Crippen molar-refractivity contribution in [2.24, 2.45) is 0 Å². The van der Waals surface area contributed by atoms with E-state index < -0.39 is 0 Å². The molecule has 1 N–H and O–H groups in total. The Balaban J connectivity index is 1.57. The van der Waals surface area contributed by atoms with Gasteiger partial charge in [0, 0.05) is 43.1 Å². The van der Waals surface area contributed by atoms with E-state index in [0.717, 1.165) is 31.1 Å². The maximum absolute atomic E-state index is 12.9. The molecule has 0 saturated carbocycles. The first-order valence-corrected chi connectivity index (χ1v) is 9.60. The molecule has 1 atom stereocenters. The van der Waals surface area contributed by atoms with Gasteiger partial charge in [-0.3, -0.25) is 9.78 Å². The average molecular weight is 372 g/mol. The summed E-state index contributed by atoms with van der Waals surface area (Å²) in [7, 11) is 0. The summed E-state index contributed by atoms with van der Waals surface area (Å²) in [5.74, 6) is 0.754. The van der Waals surface area contributed by atoms with Crippen molar-refractivity contribution in [3.63, 3.8) is 0 Å². The number of hydrogen-bond acceptors (Lipinski definition) is 5. The lowest BCUT2D eigenvalue weighted by molar-refractivity contribution is 0.103. The quantitative estimate of drug-likeness (QED) is 0.711. The van der Waals surface area contributed by atoms with Gasteiger partial charge >= 0.3 is 0 Å². The van der Waals surface area contributed by atoms with Gasteiger partial charge in [-0.1, -0.05) is 35.9 Å². The molecule has 142 valence electrons. The van der Waals surface area contributed by atoms with Crippen LogP contribution in [0.3, 0.4) is 0 Å². The number of rotatable bonds is 4. The van der Waals surface area contributed by atoms with Crippen LogP contribution in [0, 0.1) is 13.8 Å². The van der Waals surface area contributed by atoms with Gasteiger partial charge in [-0.25, -0.2) is 4.98 Å². The van der Waals surface area contributed by atoms with Crippen molar-refractivity contribution in [1.82, 2.24) is 15.3 Å². The Hall–Kier alpha value is -3.05. The van der Waals surface area contributed by atoms with Gasteiger partial charge in [0.25, 0.3) is 0 Å². The van der Waals surface area contributed by atoms with Crippen molar-refractivity contribution < 1.29 is 4.79 Å². The van der Waals surface area contributed by atoms with Crippen molar-refractivity contribution >= 4 is 11.6 Å². The Labute approximate surface area is 165 Å². The third-order valence-corrected chi connectivity index (χ3v) is 5.16. The van der Waals surface area contributed by atoms with E-state index in [9.17, 15) is 4.79 Å². The first-order chi connectivity index (χ1) is 13.6. The molecule has 1 aromatic carbocycles. The Morgan fingerprint density at radius 1 is 1.11 bits per heavy atom. The lowest BCUT2D eigenvalue weighted by Crippen LogP contribution is -2.46. The number of benzene rings is 1. The van der Waals surface area contributed by atoms with Gasteiger partial charge < -0.3 is 10.2 Å². The average Bonchev–Trinajstić information content (AvgIpc) is 2.74. The van der Waals surface area contributed by atoms with E-state index in [2.05, 4.69) is 51.4 Å². The molecule has 3 heterocycles. The molecule has 5 heteroatoms. The third kappa shape index (κ3) is 3.80. The molecule has 3 aromatic rings. The van der Waals surface area contributed by atoms with Crippen molar-refractivity contribution in [3.8, 4) is 0 Å². The monoisotopic (exact) mass is 372 g/mol. The number of aromatic nitrogens is 2. The summed E-state index contributed by atoms with van der Waals surface area (Å²) in [5.41, 5.74) is 4.32. The maximum atomic E-state index is 12.9. The molecular weight excluding hydrogens is 348 g/mol. The molecule has 0 aliphatic carbocycles. The molecule has 4 rings (SSSR count). The van der Waals surface area contributed by atoms with E-state index in [1.165, 1.54) is 11.1 Å². The summed E-state index contributed by atoms with van der Waals surface area (Å²) in [6.45, 7) is 6.51. The second-order valence-electron chi connectivity index (χ2n) is 7.21. The van der Waals surface area contributed by atoms with Gasteiger partial charge in [0.05, 0.1) is 0 Å². The summed E-state index contributed by atoms with van der Waals surface area (Å²) in [6, 6.07) is 18.1. The molecule has 0 radical (unpaired) electrons. The first kappa shape index (κ1) is 18.3. The summed E-state index contributed by atoms with van der Waals surface area (Å²) >= 11 is 0. The van der Waals surface area contributed by atoms with E-state index in [1.54, 1.807) is 24.4 Å². The van der Waals surface area contributed by atoms with E-state index in [4.69, 9.17) is 0 Å². The fourth-order valence-electron chi connectivity index (χ4n) is 3.66. The van der Waals surface area contributed by atoms with Crippen molar-refractivity contribution in [2.75, 3.05) is 24.5 Å². The number of carbonyl (C=O) groups is 1. The number of hydrogen-bond donors (Lipinski definition) is 1. The predicted octanol–water partition coefficient (Wildman–Crippen LogP) is 3.48. The van der Waals surface area contributed by atoms with Crippen LogP contribution < -0.4 is 10.2 Å². The number of carbonyl (C=O) groups excluding carboxylic acids is 1. The highest BCUT2D eigenvalue weighted by Gasteiger charge is 2.23. The zero-order chi connectivity index (χ0) is 19.5. The second kappa shape index (κ2) is 7.90. The second-order valence-corrected chi connectivity index (χ2v) is 7.21. The molecule has 2 aromatic heterocycles. The SMILES string of the molecule is Cc1cccc(C2CN(c3cccc(C(=O)c4cccnc4C)n3)CCN2)c1. The van der Waals surface area contributed by atoms with Crippen molar-refractivity contribution in [1.29, 1.82) is 0 Å². The topological polar surface area (TPSA) is 58.1 Å². The van der Waals surface area contributed by atoms with E-state index in [-0.39, 0.29) is 11.8 Å². The number of anilines is 1. The molecule has 0 bridgehead atoms. The molecule has 5 nitrogen and oxygen atoms in total. The van der Waals surface area contributed by atoms with Crippen LogP contribution in [0.5, 0.6) is 0 Å². The van der Waals surface area contributed by atoms with Crippen LogP contribution in [0.4, 0.5) is 5.82 Å². The minimum atomic E-state index is -0.0854. The smallest absolute Gasteiger partial charge is 0.213 e. The summed E-state index contributed by atoms with van der Waals surface area (Å²) in [6.07, 6.45) is 1.70. The Kier molecular flexibility index (Phi) is 5.17. The predicted molar refractivity (Wildman–Crippen MR) is 111 cm³/mol. The van der Waals surface area contributed by atoms with Crippen LogP contribution >= 0.6 is 0 Å². The van der Waals surface area contributed by atoms with Crippen LogP contribution in [0.1, 0.15) is 38.9 Å². The lowest BCUT2D eigenvalue weighted by Gasteiger charge is -2.35. The number of ketones is 1. The van der Waals surface area contributed by atoms with Crippen LogP contribution in [0.25, 0.3) is 0 Å². The number of aryl methyl sites for hydroxylation is 2. The molecule has 1 fully saturated rings. The summed E-state index contributed by atoms with van der Waals surface area (Å²) in [4.78, 5) is 24.0. The molecule has 0 spiro atoms. The Morgan fingerprint density at radius 3 is 2.79 bits per heavy atom. The first-order valence-electron chi connectivity index (χ1n) is 9.60. The van der Waals surface area contributed by atoms with Gasteiger partial charge in [-0.15, -0.1) is 0 Å². The molecule has 1 saturated heterocycles. The van der Waals surface area contributed by atoms with Crippen LogP contribution in [-0.4, -0.2) is 35.4 Å². The van der Waals surface area contributed by atoms with E-state index >= 15 is 0 Å². The number of piperazine rings is 1. The van der Waals surface area contributed by atoms with Gasteiger partial charge in [0.1, 0.15) is 11.5 Å². The molecular formula is C23H24N4O. The van der Waals surface area contributed by atoms with Crippen molar-refractivity contribution in [3.05, 3.63) is 88.9 Å². The van der Waals surface area contributed by atoms with Crippen LogP contribution in [-0.2, 0) is 0 Å². The highest BCUT2D eigenvalue weighted by Crippen LogP contribution is 2.23. The zero-order valence-corrected chi connectivity index (χ0v) is 16.2. The van der Waals surface area contributed by atoms with Gasteiger partial charge in [-0.05, 0) is 43.7 Å². The van der Waals surface area contributed by atoms with Crippen LogP contribution in [0.2, 0.25) is 0 Å². The van der Waals surface area contributed by atoms with Gasteiger partial charge in [0.15, 0.2) is 0 Å². The zero-order valence-electron chi connectivity index (χ0n) is 16.2. The summed E-state index contributed by atoms with van der Waals surface area (Å²) in [5, 5.41) is 3.59. The largest absolute Gasteiger partial charge is 0.353 e. The van der Waals surface area contributed by atoms with Gasteiger partial charge in [-0.2, -0.15) is 0 Å².